The minimum atomic E-state index is -4.31. The molecule has 0 saturated heterocycles. The summed E-state index contributed by atoms with van der Waals surface area (Å²) in [5.74, 6) is -0.632. The van der Waals surface area contributed by atoms with Gasteiger partial charge in [0.25, 0.3) is 21.7 Å². The van der Waals surface area contributed by atoms with Crippen molar-refractivity contribution in [2.45, 2.75) is 4.90 Å². The van der Waals surface area contributed by atoms with E-state index >= 15 is 0 Å². The minimum absolute atomic E-state index is 0.00617. The molecule has 0 amide bonds. The number of sulfonamides is 1. The molecule has 0 saturated carbocycles. The number of anilines is 1. The molecule has 3 aromatic rings. The number of nitrogens with zero attached hydrogens (tertiary/aromatic N) is 2. The van der Waals surface area contributed by atoms with Crippen LogP contribution in [0, 0.1) is 10.1 Å². The summed E-state index contributed by atoms with van der Waals surface area (Å²) in [7, 11) is -4.31. The molecule has 0 bridgehead atoms. The molecule has 0 radical (unpaired) electrons. The predicted molar refractivity (Wildman–Crippen MR) is 129 cm³/mol. The maximum Gasteiger partial charge on any atom is 0.271 e. The molecule has 3 rings (SSSR count). The van der Waals surface area contributed by atoms with Gasteiger partial charge in [0.2, 0.25) is 0 Å². The lowest BCUT2D eigenvalue weighted by molar-refractivity contribution is -0.384. The maximum absolute atomic E-state index is 12.8. The van der Waals surface area contributed by atoms with Crippen molar-refractivity contribution in [2.75, 3.05) is 5.32 Å². The summed E-state index contributed by atoms with van der Waals surface area (Å²) in [6.45, 7) is 0. The zero-order chi connectivity index (χ0) is 25.0. The Morgan fingerprint density at radius 1 is 0.971 bits per heavy atom. The van der Waals surface area contributed by atoms with Crippen LogP contribution in [0.2, 0.25) is 20.1 Å². The summed E-state index contributed by atoms with van der Waals surface area (Å²) in [4.78, 5) is 9.84. The highest BCUT2D eigenvalue weighted by atomic mass is 35.5. The monoisotopic (exact) mass is 564 g/mol. The Bertz CT molecular complexity index is 1360. The van der Waals surface area contributed by atoms with Crippen molar-refractivity contribution in [1.82, 2.24) is 4.72 Å². The van der Waals surface area contributed by atoms with Crippen LogP contribution in [0.15, 0.2) is 64.6 Å². The van der Waals surface area contributed by atoms with Gasteiger partial charge in [0.05, 0.1) is 24.9 Å². The van der Waals surface area contributed by atoms with Gasteiger partial charge in [-0.15, -0.1) is 0 Å². The number of ether oxygens (including phenoxy) is 1. The zero-order valence-electron chi connectivity index (χ0n) is 16.5. The van der Waals surface area contributed by atoms with Gasteiger partial charge in [0.1, 0.15) is 5.75 Å². The number of rotatable bonds is 6. The molecule has 34 heavy (non-hydrogen) atoms. The number of guanidine groups is 1. The second-order valence-corrected chi connectivity index (χ2v) is 9.72. The van der Waals surface area contributed by atoms with Crippen molar-refractivity contribution in [3.63, 3.8) is 0 Å². The third-order valence-corrected chi connectivity index (χ3v) is 6.49. The van der Waals surface area contributed by atoms with Gasteiger partial charge in [-0.25, -0.2) is 13.1 Å². The van der Waals surface area contributed by atoms with Gasteiger partial charge in [-0.1, -0.05) is 51.6 Å². The van der Waals surface area contributed by atoms with Crippen LogP contribution in [0.1, 0.15) is 0 Å². The average molecular weight is 566 g/mol. The smallest absolute Gasteiger partial charge is 0.271 e. The van der Waals surface area contributed by atoms with Crippen LogP contribution >= 0.6 is 46.4 Å². The molecule has 0 aliphatic carbocycles. The molecule has 0 heterocycles. The van der Waals surface area contributed by atoms with E-state index in [0.717, 1.165) is 24.3 Å². The quantitative estimate of drug-likeness (QED) is 0.107. The van der Waals surface area contributed by atoms with Crippen LogP contribution in [-0.4, -0.2) is 24.5 Å². The number of benzene rings is 3. The molecule has 0 atom stereocenters. The van der Waals surface area contributed by atoms with E-state index in [0.29, 0.717) is 10.7 Å². The summed E-state index contributed by atoms with van der Waals surface area (Å²) < 4.78 is 33.1. The Labute approximate surface area is 212 Å². The van der Waals surface area contributed by atoms with E-state index in [-0.39, 0.29) is 37.1 Å². The van der Waals surface area contributed by atoms with E-state index in [9.17, 15) is 23.7 Å². The van der Waals surface area contributed by atoms with Crippen LogP contribution in [-0.2, 0) is 10.0 Å². The van der Waals surface area contributed by atoms with Crippen molar-refractivity contribution in [1.29, 1.82) is 0 Å². The number of hydrogen-bond donors (Lipinski definition) is 3. The highest BCUT2D eigenvalue weighted by Gasteiger charge is 2.22. The Morgan fingerprint density at radius 2 is 1.59 bits per heavy atom. The average Bonchev–Trinajstić information content (AvgIpc) is 2.77. The lowest BCUT2D eigenvalue weighted by atomic mass is 10.3. The first-order valence-corrected chi connectivity index (χ1v) is 11.9. The van der Waals surface area contributed by atoms with E-state index in [2.05, 4.69) is 15.2 Å². The van der Waals surface area contributed by atoms with E-state index in [1.807, 2.05) is 0 Å². The van der Waals surface area contributed by atoms with E-state index < -0.39 is 20.9 Å². The summed E-state index contributed by atoms with van der Waals surface area (Å²) in [6.07, 6.45) is 0. The molecule has 0 aromatic heterocycles. The number of nitro benzene ring substituents is 1. The lowest BCUT2D eigenvalue weighted by Crippen LogP contribution is -2.36. The van der Waals surface area contributed by atoms with E-state index in [4.69, 9.17) is 51.1 Å². The molecule has 0 aliphatic rings. The molecule has 10 nitrogen and oxygen atoms in total. The van der Waals surface area contributed by atoms with Crippen LogP contribution < -0.4 is 14.8 Å². The normalized spacial score (nSPS) is 11.7. The molecule has 15 heteroatoms. The second kappa shape index (κ2) is 10.5. The standard InChI is InChI=1S/C19H12Cl4N4O6S/c20-10-1-3-11(4-2-10)24-19(25-28)26-34(31,32)13-8-15(22)18(16(23)9-13)33-17-6-5-12(27(29)30)7-14(17)21/h1-9,28H,(H2,24,25,26). The van der Waals surface area contributed by atoms with Crippen molar-refractivity contribution in [3.05, 3.63) is 84.8 Å². The minimum Gasteiger partial charge on any atom is -0.453 e. The van der Waals surface area contributed by atoms with Gasteiger partial charge in [-0.05, 0) is 42.5 Å². The molecule has 0 aliphatic heterocycles. The Hall–Kier alpha value is -2.96. The largest absolute Gasteiger partial charge is 0.453 e. The second-order valence-electron chi connectivity index (χ2n) is 6.38. The highest BCUT2D eigenvalue weighted by Crippen LogP contribution is 2.41. The number of hydrogen-bond acceptors (Lipinski definition) is 7. The predicted octanol–water partition coefficient (Wildman–Crippen LogP) is 6.14. The van der Waals surface area contributed by atoms with E-state index in [1.54, 1.807) is 12.1 Å². The van der Waals surface area contributed by atoms with E-state index in [1.165, 1.54) is 18.2 Å². The van der Waals surface area contributed by atoms with Crippen LogP contribution in [0.3, 0.4) is 0 Å². The lowest BCUT2D eigenvalue weighted by Gasteiger charge is -2.14. The SMILES string of the molecule is O=[N+]([O-])c1ccc(Oc2c(Cl)cc(S(=O)(=O)NC(=NO)Nc3ccc(Cl)cc3)cc2Cl)c(Cl)c1. The van der Waals surface area contributed by atoms with Crippen molar-refractivity contribution < 1.29 is 23.3 Å². The van der Waals surface area contributed by atoms with Gasteiger partial charge in [0, 0.05) is 22.8 Å². The Kier molecular flexibility index (Phi) is 7.95. The number of non-ortho nitro benzene ring substituents is 1. The summed E-state index contributed by atoms with van der Waals surface area (Å²) in [5.41, 5.74) is 0.135. The summed E-state index contributed by atoms with van der Waals surface area (Å²) >= 11 is 24.2. The van der Waals surface area contributed by atoms with Gasteiger partial charge < -0.3 is 15.3 Å². The molecule has 178 valence electrons. The van der Waals surface area contributed by atoms with Crippen molar-refractivity contribution in [3.8, 4) is 11.5 Å². The van der Waals surface area contributed by atoms with Crippen LogP contribution in [0.25, 0.3) is 0 Å². The first-order valence-electron chi connectivity index (χ1n) is 8.88. The first kappa shape index (κ1) is 25.7. The van der Waals surface area contributed by atoms with Gasteiger partial charge in [0.15, 0.2) is 5.75 Å². The fourth-order valence-corrected chi connectivity index (χ4v) is 4.56. The molecule has 3 aromatic carbocycles. The molecule has 0 fully saturated rings. The number of nitro groups is 1. The molecule has 0 spiro atoms. The van der Waals surface area contributed by atoms with Crippen LogP contribution in [0.5, 0.6) is 11.5 Å². The van der Waals surface area contributed by atoms with Crippen LogP contribution in [0.4, 0.5) is 11.4 Å². The Balaban J connectivity index is 1.83. The fraction of sp³-hybridized carbons (Fsp3) is 0. The Morgan fingerprint density at radius 3 is 2.12 bits per heavy atom. The van der Waals surface area contributed by atoms with Gasteiger partial charge >= 0.3 is 0 Å². The number of oxime groups is 1. The highest BCUT2D eigenvalue weighted by molar-refractivity contribution is 7.90. The first-order chi connectivity index (χ1) is 16.0. The zero-order valence-corrected chi connectivity index (χ0v) is 20.3. The maximum atomic E-state index is 12.8. The number of halogens is 4. The third kappa shape index (κ3) is 6.13. The number of nitrogens with one attached hydrogen (secondary N) is 2. The fourth-order valence-electron chi connectivity index (χ4n) is 2.51. The summed E-state index contributed by atoms with van der Waals surface area (Å²) in [6, 6.07) is 11.7. The van der Waals surface area contributed by atoms with Crippen molar-refractivity contribution >= 4 is 73.8 Å². The topological polar surface area (TPSA) is 143 Å². The van der Waals surface area contributed by atoms with Gasteiger partial charge in [-0.3, -0.25) is 10.1 Å². The van der Waals surface area contributed by atoms with Gasteiger partial charge in [-0.2, -0.15) is 0 Å². The molecule has 3 N–H and O–H groups in total. The summed E-state index contributed by atoms with van der Waals surface area (Å²) in [5, 5.41) is 25.5. The molecular weight excluding hydrogens is 554 g/mol. The molecular formula is C19H12Cl4N4O6S. The molecule has 0 unspecified atom stereocenters. The van der Waals surface area contributed by atoms with Crippen molar-refractivity contribution in [2.24, 2.45) is 5.16 Å². The third-order valence-electron chi connectivity index (χ3n) is 4.06.